The van der Waals surface area contributed by atoms with E-state index in [1.165, 1.54) is 10.7 Å². The number of piperazine rings is 1. The van der Waals surface area contributed by atoms with Crippen molar-refractivity contribution in [1.82, 2.24) is 19.2 Å². The normalized spacial score (nSPS) is 19.5. The number of fused-ring (bicyclic) bond motifs is 1. The Hall–Kier alpha value is -2.76. The van der Waals surface area contributed by atoms with Crippen LogP contribution in [0.2, 0.25) is 0 Å². The fourth-order valence-corrected chi connectivity index (χ4v) is 6.56. The van der Waals surface area contributed by atoms with Crippen LogP contribution in [0.3, 0.4) is 0 Å². The summed E-state index contributed by atoms with van der Waals surface area (Å²) in [6, 6.07) is 11.2. The first-order chi connectivity index (χ1) is 18.1. The van der Waals surface area contributed by atoms with Crippen molar-refractivity contribution >= 4 is 20.9 Å². The Kier molecular flexibility index (Phi) is 7.61. The van der Waals surface area contributed by atoms with E-state index in [1.807, 2.05) is 31.2 Å². The van der Waals surface area contributed by atoms with Gasteiger partial charge < -0.3 is 4.74 Å². The Morgan fingerprint density at radius 1 is 0.921 bits per heavy atom. The minimum absolute atomic E-state index is 0.143. The number of aromatic nitrogens is 2. The molecule has 0 amide bonds. The Bertz CT molecular complexity index is 1370. The molecule has 5 rings (SSSR count). The van der Waals surface area contributed by atoms with Gasteiger partial charge in [0.25, 0.3) is 0 Å². The van der Waals surface area contributed by atoms with E-state index in [0.29, 0.717) is 24.8 Å². The Morgan fingerprint density at radius 3 is 2.24 bits per heavy atom. The molecule has 1 aliphatic heterocycles. The van der Waals surface area contributed by atoms with Crippen LogP contribution >= 0.6 is 0 Å². The topological polar surface area (TPSA) is 75.6 Å². The molecule has 1 aliphatic carbocycles. The highest BCUT2D eigenvalue weighted by Gasteiger charge is 2.34. The van der Waals surface area contributed by atoms with Gasteiger partial charge in [-0.1, -0.05) is 18.6 Å². The third-order valence-electron chi connectivity index (χ3n) is 7.43. The number of alkyl halides is 3. The van der Waals surface area contributed by atoms with Crippen LogP contribution in [0.25, 0.3) is 10.9 Å². The van der Waals surface area contributed by atoms with Crippen LogP contribution in [0.15, 0.2) is 53.4 Å². The minimum Gasteiger partial charge on any atom is -0.474 e. The van der Waals surface area contributed by atoms with Gasteiger partial charge in [0.2, 0.25) is 15.9 Å². The molecule has 2 heterocycles. The van der Waals surface area contributed by atoms with E-state index >= 15 is 0 Å². The molecular formula is C27H31F3N4O3S. The molecule has 1 atom stereocenters. The van der Waals surface area contributed by atoms with E-state index in [1.54, 1.807) is 0 Å². The first-order valence-electron chi connectivity index (χ1n) is 13.0. The standard InChI is InChI=1S/C27H31F3N4O3S/c1-19(25-31-24-10-6-5-9-23(24)26(32-25)37-21-7-3-2-4-8-21)33-15-17-34(18-16-33)38(35,36)22-13-11-20(12-14-22)27(28,29)30/h5-6,9-14,19,21H,2-4,7-8,15-18H2,1H3/t19-/m1/s1. The summed E-state index contributed by atoms with van der Waals surface area (Å²) >= 11 is 0. The zero-order chi connectivity index (χ0) is 26.9. The fraction of sp³-hybridized carbons (Fsp3) is 0.481. The molecule has 1 saturated heterocycles. The third kappa shape index (κ3) is 5.64. The van der Waals surface area contributed by atoms with Crippen molar-refractivity contribution in [3.05, 3.63) is 59.9 Å². The van der Waals surface area contributed by atoms with Crippen molar-refractivity contribution in [2.45, 2.75) is 62.2 Å². The highest BCUT2D eigenvalue weighted by Crippen LogP contribution is 2.32. The molecule has 1 saturated carbocycles. The number of ether oxygens (including phenoxy) is 1. The van der Waals surface area contributed by atoms with Gasteiger partial charge in [0.1, 0.15) is 11.9 Å². The molecule has 3 aromatic rings. The Balaban J connectivity index is 1.30. The van der Waals surface area contributed by atoms with Crippen LogP contribution in [-0.4, -0.2) is 59.9 Å². The van der Waals surface area contributed by atoms with Crippen LogP contribution in [0.5, 0.6) is 5.88 Å². The van der Waals surface area contributed by atoms with E-state index in [0.717, 1.165) is 60.9 Å². The van der Waals surface area contributed by atoms with E-state index in [-0.39, 0.29) is 30.1 Å². The number of para-hydroxylation sites is 1. The molecule has 0 N–H and O–H groups in total. The van der Waals surface area contributed by atoms with Gasteiger partial charge in [0.05, 0.1) is 27.4 Å². The van der Waals surface area contributed by atoms with Crippen molar-refractivity contribution in [3.8, 4) is 5.88 Å². The van der Waals surface area contributed by atoms with Gasteiger partial charge in [-0.25, -0.2) is 13.4 Å². The molecule has 0 bridgehead atoms. The first kappa shape index (κ1) is 26.8. The average molecular weight is 549 g/mol. The maximum absolute atomic E-state index is 13.1. The number of hydrogen-bond acceptors (Lipinski definition) is 6. The van der Waals surface area contributed by atoms with Gasteiger partial charge in [-0.05, 0) is 69.0 Å². The molecular weight excluding hydrogens is 517 g/mol. The predicted octanol–water partition coefficient (Wildman–Crippen LogP) is 5.43. The maximum atomic E-state index is 13.1. The van der Waals surface area contributed by atoms with Crippen LogP contribution < -0.4 is 4.74 Å². The van der Waals surface area contributed by atoms with Crippen LogP contribution in [-0.2, 0) is 16.2 Å². The second-order valence-electron chi connectivity index (χ2n) is 9.92. The lowest BCUT2D eigenvalue weighted by Crippen LogP contribution is -2.49. The molecule has 0 unspecified atom stereocenters. The molecule has 2 aromatic carbocycles. The van der Waals surface area contributed by atoms with Crippen molar-refractivity contribution in [3.63, 3.8) is 0 Å². The van der Waals surface area contributed by atoms with Crippen molar-refractivity contribution in [2.75, 3.05) is 26.2 Å². The molecule has 7 nitrogen and oxygen atoms in total. The quantitative estimate of drug-likeness (QED) is 0.409. The lowest BCUT2D eigenvalue weighted by atomic mass is 9.98. The monoisotopic (exact) mass is 548 g/mol. The van der Waals surface area contributed by atoms with Crippen LogP contribution in [0.4, 0.5) is 13.2 Å². The minimum atomic E-state index is -4.52. The van der Waals surface area contributed by atoms with E-state index in [9.17, 15) is 21.6 Å². The van der Waals surface area contributed by atoms with Gasteiger partial charge in [0.15, 0.2) is 0 Å². The van der Waals surface area contributed by atoms with E-state index < -0.39 is 21.8 Å². The summed E-state index contributed by atoms with van der Waals surface area (Å²) in [7, 11) is -3.90. The van der Waals surface area contributed by atoms with Gasteiger partial charge in [-0.15, -0.1) is 0 Å². The number of halogens is 3. The van der Waals surface area contributed by atoms with Crippen LogP contribution in [0.1, 0.15) is 56.5 Å². The first-order valence-corrected chi connectivity index (χ1v) is 14.4. The summed E-state index contributed by atoms with van der Waals surface area (Å²) in [5.41, 5.74) is -0.0732. The molecule has 204 valence electrons. The van der Waals surface area contributed by atoms with Gasteiger partial charge in [-0.2, -0.15) is 22.5 Å². The zero-order valence-corrected chi connectivity index (χ0v) is 22.0. The zero-order valence-electron chi connectivity index (χ0n) is 21.2. The SMILES string of the molecule is C[C@H](c1nc(OC2CCCCC2)c2ccccc2n1)N1CCN(S(=O)(=O)c2ccc(C(F)(F)F)cc2)CC1. The molecule has 11 heteroatoms. The summed E-state index contributed by atoms with van der Waals surface area (Å²) in [5.74, 6) is 1.21. The summed E-state index contributed by atoms with van der Waals surface area (Å²) in [4.78, 5) is 11.6. The smallest absolute Gasteiger partial charge is 0.416 e. The largest absolute Gasteiger partial charge is 0.474 e. The summed E-state index contributed by atoms with van der Waals surface area (Å²) in [6.45, 7) is 3.31. The van der Waals surface area contributed by atoms with Gasteiger partial charge >= 0.3 is 6.18 Å². The van der Waals surface area contributed by atoms with Gasteiger partial charge in [0, 0.05) is 26.2 Å². The predicted molar refractivity (Wildman–Crippen MR) is 137 cm³/mol. The number of sulfonamides is 1. The third-order valence-corrected chi connectivity index (χ3v) is 9.34. The number of nitrogens with zero attached hydrogens (tertiary/aromatic N) is 4. The molecule has 2 aliphatic rings. The second kappa shape index (κ2) is 10.8. The number of hydrogen-bond donors (Lipinski definition) is 0. The van der Waals surface area contributed by atoms with Crippen molar-refractivity contribution < 1.29 is 26.3 Å². The van der Waals surface area contributed by atoms with Crippen LogP contribution in [0, 0.1) is 0 Å². The summed E-state index contributed by atoms with van der Waals surface area (Å²) in [5, 5.41) is 0.876. The average Bonchev–Trinajstić information content (AvgIpc) is 2.93. The highest BCUT2D eigenvalue weighted by atomic mass is 32.2. The van der Waals surface area contributed by atoms with Crippen molar-refractivity contribution in [1.29, 1.82) is 0 Å². The molecule has 0 spiro atoms. The highest BCUT2D eigenvalue weighted by molar-refractivity contribution is 7.89. The Morgan fingerprint density at radius 2 is 1.58 bits per heavy atom. The molecule has 0 radical (unpaired) electrons. The lowest BCUT2D eigenvalue weighted by Gasteiger charge is -2.37. The van der Waals surface area contributed by atoms with Crippen molar-refractivity contribution in [2.24, 2.45) is 0 Å². The van der Waals surface area contributed by atoms with E-state index in [4.69, 9.17) is 14.7 Å². The summed E-state index contributed by atoms with van der Waals surface area (Å²) < 4.78 is 72.4. The molecule has 1 aromatic heterocycles. The van der Waals surface area contributed by atoms with E-state index in [2.05, 4.69) is 4.90 Å². The maximum Gasteiger partial charge on any atom is 0.416 e. The Labute approximate surface area is 220 Å². The number of benzene rings is 2. The number of rotatable bonds is 6. The lowest BCUT2D eigenvalue weighted by molar-refractivity contribution is -0.137. The van der Waals surface area contributed by atoms with Gasteiger partial charge in [-0.3, -0.25) is 4.90 Å². The second-order valence-corrected chi connectivity index (χ2v) is 11.9. The molecule has 2 fully saturated rings. The fourth-order valence-electron chi connectivity index (χ4n) is 5.14. The molecule has 38 heavy (non-hydrogen) atoms. The summed E-state index contributed by atoms with van der Waals surface area (Å²) in [6.07, 6.45) is 1.18.